The van der Waals surface area contributed by atoms with Gasteiger partial charge in [0, 0.05) is 6.61 Å². The molecule has 72 valence electrons. The van der Waals surface area contributed by atoms with E-state index < -0.39 is 5.60 Å². The van der Waals surface area contributed by atoms with Gasteiger partial charge in [-0.3, -0.25) is 4.79 Å². The van der Waals surface area contributed by atoms with Gasteiger partial charge in [-0.2, -0.15) is 0 Å². The van der Waals surface area contributed by atoms with Gasteiger partial charge in [0.15, 0.2) is 11.4 Å². The average molecular weight is 184 g/mol. The van der Waals surface area contributed by atoms with Crippen molar-refractivity contribution in [1.82, 2.24) is 0 Å². The normalized spacial score (nSPS) is 41.8. The van der Waals surface area contributed by atoms with Gasteiger partial charge in [-0.15, -0.1) is 0 Å². The summed E-state index contributed by atoms with van der Waals surface area (Å²) in [4.78, 5) is 11.4. The van der Waals surface area contributed by atoms with Crippen LogP contribution in [0, 0.1) is 0 Å². The highest BCUT2D eigenvalue weighted by Gasteiger charge is 2.58. The lowest BCUT2D eigenvalue weighted by Crippen LogP contribution is -2.45. The Balaban J connectivity index is 2.11. The van der Waals surface area contributed by atoms with Crippen LogP contribution in [0.15, 0.2) is 12.2 Å². The fraction of sp³-hybridized carbons (Fsp3) is 0.667. The zero-order valence-corrected chi connectivity index (χ0v) is 7.14. The van der Waals surface area contributed by atoms with Gasteiger partial charge >= 0.3 is 0 Å². The third kappa shape index (κ3) is 1.31. The molecule has 2 aliphatic rings. The van der Waals surface area contributed by atoms with Gasteiger partial charge in [0.05, 0.1) is 0 Å². The minimum Gasteiger partial charge on any atom is -0.396 e. The van der Waals surface area contributed by atoms with Crippen molar-refractivity contribution in [2.24, 2.45) is 0 Å². The van der Waals surface area contributed by atoms with Gasteiger partial charge in [0.25, 0.3) is 0 Å². The second-order valence-electron chi connectivity index (χ2n) is 3.50. The number of hydrogen-bond acceptors (Lipinski definition) is 4. The Hall–Kier alpha value is -0.710. The lowest BCUT2D eigenvalue weighted by atomic mass is 9.84. The summed E-state index contributed by atoms with van der Waals surface area (Å²) in [5, 5.41) is 18.6. The van der Waals surface area contributed by atoms with Crippen molar-refractivity contribution < 1.29 is 19.7 Å². The number of carbonyl (C=O) groups excluding carboxylic acids is 1. The lowest BCUT2D eigenvalue weighted by Gasteiger charge is -2.24. The van der Waals surface area contributed by atoms with Crippen LogP contribution >= 0.6 is 0 Å². The Morgan fingerprint density at radius 1 is 1.62 bits per heavy atom. The summed E-state index contributed by atoms with van der Waals surface area (Å²) in [7, 11) is 0. The quantitative estimate of drug-likeness (QED) is 0.574. The molecule has 1 heterocycles. The Bertz CT molecular complexity index is 260. The molecule has 0 unspecified atom stereocenters. The minimum absolute atomic E-state index is 0.0172. The van der Waals surface area contributed by atoms with Crippen LogP contribution in [0.5, 0.6) is 0 Å². The molecule has 4 heteroatoms. The summed E-state index contributed by atoms with van der Waals surface area (Å²) < 4.78 is 5.12. The van der Waals surface area contributed by atoms with Gasteiger partial charge in [0.2, 0.25) is 0 Å². The van der Waals surface area contributed by atoms with E-state index in [1.54, 1.807) is 6.08 Å². The highest BCUT2D eigenvalue weighted by molar-refractivity contribution is 5.99. The van der Waals surface area contributed by atoms with Crippen LogP contribution < -0.4 is 0 Å². The molecule has 1 aliphatic heterocycles. The molecular formula is C9H12O4. The van der Waals surface area contributed by atoms with Crippen molar-refractivity contribution in [3.8, 4) is 0 Å². The van der Waals surface area contributed by atoms with Crippen LogP contribution in [-0.2, 0) is 9.53 Å². The van der Waals surface area contributed by atoms with E-state index >= 15 is 0 Å². The third-order valence-electron chi connectivity index (χ3n) is 2.58. The number of rotatable bonds is 3. The molecule has 4 nitrogen and oxygen atoms in total. The van der Waals surface area contributed by atoms with Crippen LogP contribution in [0.3, 0.4) is 0 Å². The molecule has 2 N–H and O–H groups in total. The SMILES string of the molecule is O=C1C=C[C@H]2O[C@H]2[C@@]1(O)CCCO. The molecular weight excluding hydrogens is 172 g/mol. The summed E-state index contributed by atoms with van der Waals surface area (Å²) in [6, 6.07) is 0. The maximum Gasteiger partial charge on any atom is 0.189 e. The molecule has 0 aromatic carbocycles. The zero-order chi connectivity index (χ0) is 9.47. The fourth-order valence-electron chi connectivity index (χ4n) is 1.74. The third-order valence-corrected chi connectivity index (χ3v) is 2.58. The first kappa shape index (κ1) is 8.87. The van der Waals surface area contributed by atoms with Crippen LogP contribution in [0.2, 0.25) is 0 Å². The molecule has 0 radical (unpaired) electrons. The molecule has 0 spiro atoms. The predicted octanol–water partition coefficient (Wildman–Crippen LogP) is -0.604. The second-order valence-corrected chi connectivity index (χ2v) is 3.50. The smallest absolute Gasteiger partial charge is 0.189 e. The molecule has 1 aliphatic carbocycles. The van der Waals surface area contributed by atoms with E-state index in [2.05, 4.69) is 0 Å². The maximum atomic E-state index is 11.4. The highest BCUT2D eigenvalue weighted by Crippen LogP contribution is 2.40. The Morgan fingerprint density at radius 2 is 2.38 bits per heavy atom. The van der Waals surface area contributed by atoms with Crippen LogP contribution in [0.4, 0.5) is 0 Å². The van der Waals surface area contributed by atoms with Gasteiger partial charge in [-0.1, -0.05) is 0 Å². The minimum atomic E-state index is -1.39. The van der Waals surface area contributed by atoms with Gasteiger partial charge < -0.3 is 14.9 Å². The van der Waals surface area contributed by atoms with Crippen molar-refractivity contribution in [1.29, 1.82) is 0 Å². The molecule has 0 amide bonds. The largest absolute Gasteiger partial charge is 0.396 e. The Kier molecular flexibility index (Phi) is 1.98. The topological polar surface area (TPSA) is 70.1 Å². The average Bonchev–Trinajstić information content (AvgIpc) is 2.89. The highest BCUT2D eigenvalue weighted by atomic mass is 16.6. The first-order valence-corrected chi connectivity index (χ1v) is 4.40. The van der Waals surface area contributed by atoms with Gasteiger partial charge in [-0.05, 0) is 25.0 Å². The zero-order valence-electron chi connectivity index (χ0n) is 7.14. The summed E-state index contributed by atoms with van der Waals surface area (Å²) >= 11 is 0. The number of ether oxygens (including phenoxy) is 1. The number of epoxide rings is 1. The summed E-state index contributed by atoms with van der Waals surface area (Å²) in [5.41, 5.74) is -1.39. The number of aliphatic hydroxyl groups excluding tert-OH is 1. The lowest BCUT2D eigenvalue weighted by molar-refractivity contribution is -0.135. The first-order chi connectivity index (χ1) is 6.18. The number of ketones is 1. The van der Waals surface area contributed by atoms with E-state index in [0.29, 0.717) is 6.42 Å². The molecule has 0 bridgehead atoms. The Labute approximate surface area is 75.8 Å². The van der Waals surface area contributed by atoms with Crippen LogP contribution in [-0.4, -0.2) is 40.4 Å². The van der Waals surface area contributed by atoms with Crippen molar-refractivity contribution >= 4 is 5.78 Å². The number of fused-ring (bicyclic) bond motifs is 1. The van der Waals surface area contributed by atoms with Crippen molar-refractivity contribution in [3.63, 3.8) is 0 Å². The van der Waals surface area contributed by atoms with E-state index in [1.165, 1.54) is 6.08 Å². The van der Waals surface area contributed by atoms with E-state index in [1.807, 2.05) is 0 Å². The summed E-state index contributed by atoms with van der Waals surface area (Å²) in [6.45, 7) is -0.0172. The molecule has 0 aromatic heterocycles. The number of hydrogen-bond donors (Lipinski definition) is 2. The fourth-order valence-corrected chi connectivity index (χ4v) is 1.74. The molecule has 0 aromatic rings. The van der Waals surface area contributed by atoms with Crippen LogP contribution in [0.25, 0.3) is 0 Å². The monoisotopic (exact) mass is 184 g/mol. The number of carbonyl (C=O) groups is 1. The van der Waals surface area contributed by atoms with E-state index in [0.717, 1.165) is 0 Å². The van der Waals surface area contributed by atoms with E-state index in [9.17, 15) is 9.90 Å². The van der Waals surface area contributed by atoms with Crippen molar-refractivity contribution in [3.05, 3.63) is 12.2 Å². The molecule has 2 rings (SSSR count). The second kappa shape index (κ2) is 2.90. The first-order valence-electron chi connectivity index (χ1n) is 4.40. The van der Waals surface area contributed by atoms with Gasteiger partial charge in [-0.25, -0.2) is 0 Å². The van der Waals surface area contributed by atoms with Crippen molar-refractivity contribution in [2.45, 2.75) is 30.7 Å². The standard InChI is InChI=1S/C9H12O4/c10-5-1-4-9(12)7(11)3-2-6-8(9)13-6/h2-3,6,8,10,12H,1,4-5H2/t6-,8-,9-/m1/s1. The molecule has 1 fully saturated rings. The number of aliphatic hydroxyl groups is 2. The molecule has 0 saturated carbocycles. The summed E-state index contributed by atoms with van der Waals surface area (Å²) in [6.07, 6.45) is 3.25. The molecule has 1 saturated heterocycles. The van der Waals surface area contributed by atoms with Crippen molar-refractivity contribution in [2.75, 3.05) is 6.61 Å². The summed E-state index contributed by atoms with van der Waals surface area (Å²) in [5.74, 6) is -0.306. The van der Waals surface area contributed by atoms with Gasteiger partial charge in [0.1, 0.15) is 12.2 Å². The van der Waals surface area contributed by atoms with E-state index in [4.69, 9.17) is 9.84 Å². The van der Waals surface area contributed by atoms with Crippen LogP contribution in [0.1, 0.15) is 12.8 Å². The maximum absolute atomic E-state index is 11.4. The predicted molar refractivity (Wildman–Crippen MR) is 44.1 cm³/mol. The molecule has 13 heavy (non-hydrogen) atoms. The van der Waals surface area contributed by atoms with E-state index in [-0.39, 0.29) is 31.0 Å². The Morgan fingerprint density at radius 3 is 3.08 bits per heavy atom. The molecule has 3 atom stereocenters.